The molecule has 1 amide bonds. The Labute approximate surface area is 147 Å². The highest BCUT2D eigenvalue weighted by atomic mass is 16.2. The number of carbonyl (C=O) groups excluding carboxylic acids is 1. The number of hydrogen-bond donors (Lipinski definition) is 2. The van der Waals surface area contributed by atoms with Gasteiger partial charge in [-0.3, -0.25) is 14.0 Å². The van der Waals surface area contributed by atoms with E-state index >= 15 is 0 Å². The molecule has 0 saturated heterocycles. The molecule has 1 aromatic carbocycles. The lowest BCUT2D eigenvalue weighted by Crippen LogP contribution is -2.33. The molecule has 0 saturated carbocycles. The molecule has 8 nitrogen and oxygen atoms in total. The van der Waals surface area contributed by atoms with Gasteiger partial charge in [0.05, 0.1) is 22.8 Å². The van der Waals surface area contributed by atoms with Crippen molar-refractivity contribution >= 4 is 22.7 Å². The molecule has 0 fully saturated rings. The topological polar surface area (TPSA) is 105 Å². The molecule has 26 heavy (non-hydrogen) atoms. The van der Waals surface area contributed by atoms with Crippen LogP contribution in [0.2, 0.25) is 0 Å². The molecule has 8 heteroatoms. The van der Waals surface area contributed by atoms with Gasteiger partial charge in [0, 0.05) is 18.6 Å². The van der Waals surface area contributed by atoms with E-state index in [0.717, 1.165) is 0 Å². The number of nitrogens with zero attached hydrogens (tertiary/aromatic N) is 4. The minimum atomic E-state index is -0.533. The molecule has 2 N–H and O–H groups in total. The summed E-state index contributed by atoms with van der Waals surface area (Å²) in [5, 5.41) is 2.84. The highest BCUT2D eigenvalue weighted by Crippen LogP contribution is 2.16. The van der Waals surface area contributed by atoms with Gasteiger partial charge in [-0.05, 0) is 24.6 Å². The summed E-state index contributed by atoms with van der Waals surface area (Å²) < 4.78 is 1.78. The van der Waals surface area contributed by atoms with E-state index in [0.29, 0.717) is 28.9 Å². The molecular weight excluding hydrogens is 332 g/mol. The van der Waals surface area contributed by atoms with Crippen molar-refractivity contribution < 1.29 is 4.79 Å². The Morgan fingerprint density at radius 2 is 2.12 bits per heavy atom. The van der Waals surface area contributed by atoms with E-state index in [2.05, 4.69) is 25.3 Å². The Hall–Kier alpha value is -3.55. The number of amides is 1. The predicted octanol–water partition coefficient (Wildman–Crippen LogP) is 1.85. The maximum atomic E-state index is 12.6. The molecule has 0 aliphatic heterocycles. The van der Waals surface area contributed by atoms with E-state index in [1.165, 1.54) is 0 Å². The van der Waals surface area contributed by atoms with E-state index in [-0.39, 0.29) is 11.7 Å². The monoisotopic (exact) mass is 348 g/mol. The predicted molar refractivity (Wildman–Crippen MR) is 95.8 cm³/mol. The molecule has 0 unspecified atom stereocenters. The van der Waals surface area contributed by atoms with Crippen LogP contribution in [0.3, 0.4) is 0 Å². The van der Waals surface area contributed by atoms with Gasteiger partial charge in [0.25, 0.3) is 11.5 Å². The second kappa shape index (κ2) is 6.40. The van der Waals surface area contributed by atoms with Gasteiger partial charge >= 0.3 is 0 Å². The van der Waals surface area contributed by atoms with Gasteiger partial charge in [0.2, 0.25) is 5.78 Å². The summed E-state index contributed by atoms with van der Waals surface area (Å²) in [7, 11) is 0. The third-order valence-electron chi connectivity index (χ3n) is 4.14. The van der Waals surface area contributed by atoms with Crippen molar-refractivity contribution in [3.05, 3.63) is 70.7 Å². The Balaban J connectivity index is 1.65. The molecule has 4 aromatic rings. The third-order valence-corrected chi connectivity index (χ3v) is 4.14. The van der Waals surface area contributed by atoms with Crippen molar-refractivity contribution in [2.45, 2.75) is 19.4 Å². The molecule has 3 aromatic heterocycles. The van der Waals surface area contributed by atoms with E-state index in [1.54, 1.807) is 40.9 Å². The van der Waals surface area contributed by atoms with Crippen molar-refractivity contribution in [2.75, 3.05) is 0 Å². The molecule has 0 radical (unpaired) electrons. The highest BCUT2D eigenvalue weighted by molar-refractivity contribution is 5.93. The van der Waals surface area contributed by atoms with Gasteiger partial charge in [0.15, 0.2) is 5.69 Å². The van der Waals surface area contributed by atoms with Crippen LogP contribution >= 0.6 is 0 Å². The zero-order valence-corrected chi connectivity index (χ0v) is 14.0. The number of rotatable bonds is 4. The maximum absolute atomic E-state index is 12.6. The van der Waals surface area contributed by atoms with Gasteiger partial charge in [-0.2, -0.15) is 0 Å². The SMILES string of the molecule is CC[C@H](NC(=O)c1nc2ccccc2[nH]c1=O)c1cn2cccnc2n1. The standard InChI is InChI=1S/C18H16N6O2/c1-2-11(14-10-24-9-5-8-19-18(24)23-14)21-16(25)15-17(26)22-13-7-4-3-6-12(13)20-15/h3-11H,2H2,1H3,(H,21,25)(H,22,26)/t11-/m0/s1. The quantitative estimate of drug-likeness (QED) is 0.585. The summed E-state index contributed by atoms with van der Waals surface area (Å²) in [6.45, 7) is 1.93. The summed E-state index contributed by atoms with van der Waals surface area (Å²) in [4.78, 5) is 40.3. The summed E-state index contributed by atoms with van der Waals surface area (Å²) in [5.41, 5.74) is 1.14. The fourth-order valence-electron chi connectivity index (χ4n) is 2.81. The third kappa shape index (κ3) is 2.81. The summed E-state index contributed by atoms with van der Waals surface area (Å²) in [5.74, 6) is 0.0192. The Kier molecular flexibility index (Phi) is 3.92. The number of carbonyl (C=O) groups is 1. The second-order valence-corrected chi connectivity index (χ2v) is 5.86. The van der Waals surface area contributed by atoms with Crippen molar-refractivity contribution in [1.29, 1.82) is 0 Å². The van der Waals surface area contributed by atoms with Gasteiger partial charge < -0.3 is 10.3 Å². The van der Waals surface area contributed by atoms with Crippen LogP contribution < -0.4 is 10.9 Å². The Morgan fingerprint density at radius 3 is 2.92 bits per heavy atom. The van der Waals surface area contributed by atoms with Crippen LogP contribution in [0.4, 0.5) is 0 Å². The number of imidazole rings is 1. The number of fused-ring (bicyclic) bond motifs is 2. The van der Waals surface area contributed by atoms with Crippen LogP contribution in [0.25, 0.3) is 16.8 Å². The smallest absolute Gasteiger partial charge is 0.280 e. The van der Waals surface area contributed by atoms with Crippen molar-refractivity contribution in [3.8, 4) is 0 Å². The molecule has 130 valence electrons. The molecule has 4 rings (SSSR count). The molecule has 0 bridgehead atoms. The number of hydrogen-bond acceptors (Lipinski definition) is 5. The molecule has 1 atom stereocenters. The van der Waals surface area contributed by atoms with E-state index in [1.807, 2.05) is 19.3 Å². The Morgan fingerprint density at radius 1 is 1.27 bits per heavy atom. The lowest BCUT2D eigenvalue weighted by molar-refractivity contribution is 0.0928. The summed E-state index contributed by atoms with van der Waals surface area (Å²) in [6.07, 6.45) is 5.92. The number of H-pyrrole nitrogens is 1. The van der Waals surface area contributed by atoms with Gasteiger partial charge in [-0.25, -0.2) is 15.0 Å². The molecular formula is C18H16N6O2. The van der Waals surface area contributed by atoms with E-state index in [9.17, 15) is 9.59 Å². The largest absolute Gasteiger partial charge is 0.342 e. The average Bonchev–Trinajstić information content (AvgIpc) is 3.09. The number of para-hydroxylation sites is 2. The lowest BCUT2D eigenvalue weighted by Gasteiger charge is -2.14. The van der Waals surface area contributed by atoms with Crippen molar-refractivity contribution in [1.82, 2.24) is 29.7 Å². The summed E-state index contributed by atoms with van der Waals surface area (Å²) in [6, 6.07) is 8.53. The average molecular weight is 348 g/mol. The fraction of sp³-hybridized carbons (Fsp3) is 0.167. The first kappa shape index (κ1) is 15.9. The minimum absolute atomic E-state index is 0.163. The Bertz CT molecular complexity index is 1130. The van der Waals surface area contributed by atoms with E-state index in [4.69, 9.17) is 0 Å². The highest BCUT2D eigenvalue weighted by Gasteiger charge is 2.20. The lowest BCUT2D eigenvalue weighted by atomic mass is 10.1. The molecule has 0 aliphatic carbocycles. The maximum Gasteiger partial charge on any atom is 0.280 e. The first-order valence-electron chi connectivity index (χ1n) is 8.25. The van der Waals surface area contributed by atoms with Crippen LogP contribution in [0.5, 0.6) is 0 Å². The van der Waals surface area contributed by atoms with Crippen molar-refractivity contribution in [3.63, 3.8) is 0 Å². The normalized spacial score (nSPS) is 12.3. The number of aromatic amines is 1. The molecule has 0 spiro atoms. The second-order valence-electron chi connectivity index (χ2n) is 5.86. The fourth-order valence-corrected chi connectivity index (χ4v) is 2.81. The van der Waals surface area contributed by atoms with Crippen LogP contribution in [0, 0.1) is 0 Å². The van der Waals surface area contributed by atoms with Crippen LogP contribution in [-0.2, 0) is 0 Å². The first-order chi connectivity index (χ1) is 12.7. The minimum Gasteiger partial charge on any atom is -0.342 e. The zero-order valence-electron chi connectivity index (χ0n) is 14.0. The van der Waals surface area contributed by atoms with Crippen LogP contribution in [0.1, 0.15) is 35.6 Å². The van der Waals surface area contributed by atoms with Gasteiger partial charge in [-0.1, -0.05) is 19.1 Å². The van der Waals surface area contributed by atoms with E-state index < -0.39 is 11.5 Å². The number of benzene rings is 1. The van der Waals surface area contributed by atoms with Gasteiger partial charge in [0.1, 0.15) is 0 Å². The van der Waals surface area contributed by atoms with Crippen LogP contribution in [-0.4, -0.2) is 30.2 Å². The zero-order chi connectivity index (χ0) is 18.1. The van der Waals surface area contributed by atoms with Crippen molar-refractivity contribution in [2.24, 2.45) is 0 Å². The molecule has 0 aliphatic rings. The number of aromatic nitrogens is 5. The van der Waals surface area contributed by atoms with Gasteiger partial charge in [-0.15, -0.1) is 0 Å². The summed E-state index contributed by atoms with van der Waals surface area (Å²) >= 11 is 0. The molecule has 3 heterocycles. The number of nitrogens with one attached hydrogen (secondary N) is 2. The van der Waals surface area contributed by atoms with Crippen LogP contribution in [0.15, 0.2) is 53.7 Å². The first-order valence-corrected chi connectivity index (χ1v) is 8.25.